The van der Waals surface area contributed by atoms with Crippen LogP contribution in [0.5, 0.6) is 0 Å². The monoisotopic (exact) mass is 553 g/mol. The van der Waals surface area contributed by atoms with Crippen LogP contribution in [0, 0.1) is 13.1 Å². The average Bonchev–Trinajstić information content (AvgIpc) is 3.45. The Hall–Kier alpha value is -5.68. The highest BCUT2D eigenvalue weighted by molar-refractivity contribution is 7.26. The maximum absolute atomic E-state index is 7.48. The molecule has 0 aliphatic heterocycles. The van der Waals surface area contributed by atoms with Crippen LogP contribution in [0.15, 0.2) is 140 Å². The van der Waals surface area contributed by atoms with Crippen LogP contribution >= 0.6 is 11.3 Å². The van der Waals surface area contributed by atoms with Gasteiger partial charge in [0.15, 0.2) is 11.4 Å². The molecule has 42 heavy (non-hydrogen) atoms. The Morgan fingerprint density at radius 3 is 1.74 bits per heavy atom. The SMILES string of the molecule is [C-]#[N+]c1ccc(-c2ccc(N(c3ccc(-c4ccccc4)cc3)c3cccc4c3sc3ccccc34)cc2)cc1[N+]#[C-]. The molecule has 0 unspecified atom stereocenters. The standard InChI is InChI=1S/C38H23N3S/c1-39-34-24-19-29(25-35(34)40-2)28-17-22-31(23-18-28)41(30-20-15-27(16-21-30)26-9-4-3-5-10-26)36-13-8-12-33-32-11-6-7-14-37(32)42-38(33)36/h3-25H. The van der Waals surface area contributed by atoms with E-state index in [1.54, 1.807) is 12.1 Å². The maximum atomic E-state index is 7.48. The average molecular weight is 554 g/mol. The minimum atomic E-state index is 0.378. The van der Waals surface area contributed by atoms with Gasteiger partial charge >= 0.3 is 0 Å². The van der Waals surface area contributed by atoms with Gasteiger partial charge in [0.2, 0.25) is 0 Å². The summed E-state index contributed by atoms with van der Waals surface area (Å²) in [4.78, 5) is 9.36. The van der Waals surface area contributed by atoms with Crippen molar-refractivity contribution >= 4 is 59.9 Å². The molecular formula is C38H23N3S. The van der Waals surface area contributed by atoms with E-state index in [1.807, 2.05) is 23.5 Å². The summed E-state index contributed by atoms with van der Waals surface area (Å²) in [5, 5.41) is 2.52. The summed E-state index contributed by atoms with van der Waals surface area (Å²) in [7, 11) is 0. The summed E-state index contributed by atoms with van der Waals surface area (Å²) in [6.45, 7) is 14.8. The molecule has 3 nitrogen and oxygen atoms in total. The third-order valence-corrected chi connectivity index (χ3v) is 8.74. The third-order valence-electron chi connectivity index (χ3n) is 7.53. The van der Waals surface area contributed by atoms with E-state index in [1.165, 1.54) is 31.3 Å². The molecular weight excluding hydrogens is 531 g/mol. The minimum absolute atomic E-state index is 0.378. The first kappa shape index (κ1) is 25.3. The Balaban J connectivity index is 1.36. The predicted octanol–water partition coefficient (Wildman–Crippen LogP) is 12.0. The topological polar surface area (TPSA) is 12.0 Å². The van der Waals surface area contributed by atoms with Gasteiger partial charge < -0.3 is 4.90 Å². The van der Waals surface area contributed by atoms with Crippen LogP contribution in [0.2, 0.25) is 0 Å². The van der Waals surface area contributed by atoms with Crippen LogP contribution in [0.3, 0.4) is 0 Å². The van der Waals surface area contributed by atoms with E-state index in [2.05, 4.69) is 130 Å². The number of hydrogen-bond donors (Lipinski definition) is 0. The van der Waals surface area contributed by atoms with Crippen molar-refractivity contribution in [1.29, 1.82) is 0 Å². The van der Waals surface area contributed by atoms with Crippen molar-refractivity contribution in [1.82, 2.24) is 0 Å². The molecule has 0 fully saturated rings. The number of thiophene rings is 1. The minimum Gasteiger partial charge on any atom is -0.309 e. The molecule has 0 saturated heterocycles. The molecule has 6 aromatic carbocycles. The van der Waals surface area contributed by atoms with Crippen molar-refractivity contribution in [2.24, 2.45) is 0 Å². The van der Waals surface area contributed by atoms with Gasteiger partial charge in [-0.1, -0.05) is 103 Å². The predicted molar refractivity (Wildman–Crippen MR) is 177 cm³/mol. The van der Waals surface area contributed by atoms with Gasteiger partial charge in [-0.25, -0.2) is 0 Å². The largest absolute Gasteiger partial charge is 0.309 e. The molecule has 1 heterocycles. The highest BCUT2D eigenvalue weighted by Crippen LogP contribution is 2.45. The molecule has 196 valence electrons. The molecule has 0 atom stereocenters. The quantitative estimate of drug-likeness (QED) is 0.193. The van der Waals surface area contributed by atoms with Crippen molar-refractivity contribution in [2.45, 2.75) is 0 Å². The van der Waals surface area contributed by atoms with Crippen LogP contribution in [-0.4, -0.2) is 0 Å². The Morgan fingerprint density at radius 1 is 0.476 bits per heavy atom. The highest BCUT2D eigenvalue weighted by atomic mass is 32.1. The van der Waals surface area contributed by atoms with Gasteiger partial charge in [0.05, 0.1) is 23.5 Å². The summed E-state index contributed by atoms with van der Waals surface area (Å²) in [5.74, 6) is 0. The molecule has 0 bridgehead atoms. The first-order chi connectivity index (χ1) is 20.7. The van der Waals surface area contributed by atoms with Gasteiger partial charge in [0.1, 0.15) is 0 Å². The number of hydrogen-bond acceptors (Lipinski definition) is 2. The van der Waals surface area contributed by atoms with Crippen molar-refractivity contribution in [3.05, 3.63) is 162 Å². The molecule has 0 amide bonds. The van der Waals surface area contributed by atoms with E-state index >= 15 is 0 Å². The number of fused-ring (bicyclic) bond motifs is 3. The lowest BCUT2D eigenvalue weighted by Gasteiger charge is -2.26. The molecule has 0 radical (unpaired) electrons. The Labute approximate surface area is 248 Å². The van der Waals surface area contributed by atoms with Gasteiger partial charge in [0, 0.05) is 26.8 Å². The van der Waals surface area contributed by atoms with E-state index in [4.69, 9.17) is 13.1 Å². The number of anilines is 3. The molecule has 7 aromatic rings. The zero-order chi connectivity index (χ0) is 28.5. The smallest absolute Gasteiger partial charge is 0.195 e. The van der Waals surface area contributed by atoms with Gasteiger partial charge in [0.25, 0.3) is 0 Å². The molecule has 1 aromatic heterocycles. The van der Waals surface area contributed by atoms with E-state index in [-0.39, 0.29) is 0 Å². The molecule has 0 N–H and O–H groups in total. The van der Waals surface area contributed by atoms with Gasteiger partial charge in [-0.15, -0.1) is 11.3 Å². The Kier molecular flexibility index (Phi) is 6.45. The first-order valence-electron chi connectivity index (χ1n) is 13.6. The van der Waals surface area contributed by atoms with Crippen molar-refractivity contribution in [2.75, 3.05) is 4.90 Å². The van der Waals surface area contributed by atoms with Crippen molar-refractivity contribution in [3.63, 3.8) is 0 Å². The van der Waals surface area contributed by atoms with Crippen molar-refractivity contribution in [3.8, 4) is 22.3 Å². The summed E-state index contributed by atoms with van der Waals surface area (Å²) in [6, 6.07) is 48.2. The van der Waals surface area contributed by atoms with E-state index in [0.29, 0.717) is 11.4 Å². The van der Waals surface area contributed by atoms with Gasteiger partial charge in [-0.2, -0.15) is 0 Å². The van der Waals surface area contributed by atoms with E-state index in [9.17, 15) is 0 Å². The van der Waals surface area contributed by atoms with Crippen LogP contribution in [0.25, 0.3) is 52.1 Å². The molecule has 0 spiro atoms. The van der Waals surface area contributed by atoms with Crippen LogP contribution in [0.1, 0.15) is 0 Å². The molecule has 7 rings (SSSR count). The molecule has 0 aliphatic rings. The third kappa shape index (κ3) is 4.47. The molecule has 0 aliphatic carbocycles. The lowest BCUT2D eigenvalue weighted by molar-refractivity contribution is 1.30. The van der Waals surface area contributed by atoms with Crippen LogP contribution < -0.4 is 4.90 Å². The summed E-state index contributed by atoms with van der Waals surface area (Å²) in [6.07, 6.45) is 0. The number of benzene rings is 6. The Bertz CT molecular complexity index is 2150. The highest BCUT2D eigenvalue weighted by Gasteiger charge is 2.18. The van der Waals surface area contributed by atoms with Crippen LogP contribution in [-0.2, 0) is 0 Å². The summed E-state index contributed by atoms with van der Waals surface area (Å²) < 4.78 is 2.51. The van der Waals surface area contributed by atoms with Crippen LogP contribution in [0.4, 0.5) is 28.4 Å². The summed E-state index contributed by atoms with van der Waals surface area (Å²) >= 11 is 1.82. The van der Waals surface area contributed by atoms with E-state index < -0.39 is 0 Å². The van der Waals surface area contributed by atoms with Gasteiger partial charge in [-0.3, -0.25) is 9.69 Å². The lowest BCUT2D eigenvalue weighted by atomic mass is 10.0. The zero-order valence-electron chi connectivity index (χ0n) is 22.5. The fourth-order valence-corrected chi connectivity index (χ4v) is 6.67. The van der Waals surface area contributed by atoms with Crippen molar-refractivity contribution < 1.29 is 0 Å². The lowest BCUT2D eigenvalue weighted by Crippen LogP contribution is -2.10. The molecule has 4 heteroatoms. The normalized spacial score (nSPS) is 10.8. The number of nitrogens with zero attached hydrogens (tertiary/aromatic N) is 3. The Morgan fingerprint density at radius 2 is 1.05 bits per heavy atom. The zero-order valence-corrected chi connectivity index (χ0v) is 23.3. The fraction of sp³-hybridized carbons (Fsp3) is 0. The maximum Gasteiger partial charge on any atom is 0.195 e. The second kappa shape index (κ2) is 10.7. The second-order valence-electron chi connectivity index (χ2n) is 9.97. The van der Waals surface area contributed by atoms with Gasteiger partial charge in [-0.05, 0) is 58.7 Å². The second-order valence-corrected chi connectivity index (χ2v) is 11.0. The first-order valence-corrected chi connectivity index (χ1v) is 14.4. The fourth-order valence-electron chi connectivity index (χ4n) is 5.46. The van der Waals surface area contributed by atoms with E-state index in [0.717, 1.165) is 28.2 Å². The summed E-state index contributed by atoms with van der Waals surface area (Å²) in [5.41, 5.74) is 8.29. The number of rotatable bonds is 5. The molecule has 0 saturated carbocycles.